The van der Waals surface area contributed by atoms with Crippen molar-refractivity contribution in [3.63, 3.8) is 0 Å². The third kappa shape index (κ3) is 1.90. The minimum absolute atomic E-state index is 0.479. The fourth-order valence-corrected chi connectivity index (χ4v) is 1.21. The maximum atomic E-state index is 9.09. The van der Waals surface area contributed by atoms with Gasteiger partial charge in [-0.2, -0.15) is 5.26 Å². The maximum Gasteiger partial charge on any atom is 0.115 e. The van der Waals surface area contributed by atoms with Crippen molar-refractivity contribution in [3.8, 4) is 6.07 Å². The lowest BCUT2D eigenvalue weighted by Gasteiger charge is -2.18. The zero-order valence-corrected chi connectivity index (χ0v) is 8.91. The summed E-state index contributed by atoms with van der Waals surface area (Å²) < 4.78 is 0. The highest BCUT2D eigenvalue weighted by Crippen LogP contribution is 2.24. The third-order valence-corrected chi connectivity index (χ3v) is 2.61. The van der Waals surface area contributed by atoms with Gasteiger partial charge in [0.05, 0.1) is 17.2 Å². The van der Waals surface area contributed by atoms with Gasteiger partial charge in [-0.15, -0.1) is 0 Å². The van der Waals surface area contributed by atoms with Gasteiger partial charge >= 0.3 is 0 Å². The van der Waals surface area contributed by atoms with E-state index in [2.05, 4.69) is 16.0 Å². The number of hydrogen-bond donors (Lipinski definition) is 0. The average Bonchev–Trinajstić information content (AvgIpc) is 2.28. The smallest absolute Gasteiger partial charge is 0.115 e. The Balaban J connectivity index is 3.12. The molecule has 0 amide bonds. The summed E-state index contributed by atoms with van der Waals surface area (Å²) in [6, 6.07) is 4.23. The van der Waals surface area contributed by atoms with E-state index >= 15 is 0 Å². The summed E-state index contributed by atoms with van der Waals surface area (Å²) in [5, 5.41) is 9.09. The minimum atomic E-state index is -0.479. The predicted molar refractivity (Wildman–Crippen MR) is 54.7 cm³/mol. The molecule has 1 aromatic heterocycles. The van der Waals surface area contributed by atoms with Crippen LogP contribution in [0.15, 0.2) is 12.4 Å². The Morgan fingerprint density at radius 2 is 2.14 bits per heavy atom. The molecule has 1 heterocycles. The molecule has 0 spiro atoms. The molecule has 3 nitrogen and oxygen atoms in total. The molecule has 0 fully saturated rings. The SMILES string of the molecule is CCc1cc(C(C)(C#N)CC)ncn1. The first-order valence-electron chi connectivity index (χ1n) is 4.89. The summed E-state index contributed by atoms with van der Waals surface area (Å²) in [4.78, 5) is 8.29. The summed E-state index contributed by atoms with van der Waals surface area (Å²) in [7, 11) is 0. The van der Waals surface area contributed by atoms with Crippen molar-refractivity contribution < 1.29 is 0 Å². The number of aromatic nitrogens is 2. The lowest BCUT2D eigenvalue weighted by molar-refractivity contribution is 0.564. The van der Waals surface area contributed by atoms with Crippen molar-refractivity contribution >= 4 is 0 Å². The highest BCUT2D eigenvalue weighted by atomic mass is 14.8. The summed E-state index contributed by atoms with van der Waals surface area (Å²) in [5.41, 5.74) is 1.34. The Hall–Kier alpha value is -1.43. The molecule has 1 atom stereocenters. The summed E-state index contributed by atoms with van der Waals surface area (Å²) in [6.07, 6.45) is 3.18. The van der Waals surface area contributed by atoms with Crippen LogP contribution in [0.5, 0.6) is 0 Å². The van der Waals surface area contributed by atoms with E-state index in [1.165, 1.54) is 0 Å². The Morgan fingerprint density at radius 3 is 2.64 bits per heavy atom. The van der Waals surface area contributed by atoms with Crippen LogP contribution >= 0.6 is 0 Å². The second-order valence-corrected chi connectivity index (χ2v) is 3.55. The fourth-order valence-electron chi connectivity index (χ4n) is 1.21. The first-order valence-corrected chi connectivity index (χ1v) is 4.89. The Bertz CT molecular complexity index is 354. The molecular formula is C11H15N3. The molecule has 1 aromatic rings. The molecular weight excluding hydrogens is 174 g/mol. The molecule has 0 aliphatic carbocycles. The van der Waals surface area contributed by atoms with Crippen LogP contribution in [-0.2, 0) is 11.8 Å². The second kappa shape index (κ2) is 4.19. The Morgan fingerprint density at radius 1 is 1.43 bits per heavy atom. The van der Waals surface area contributed by atoms with Gasteiger partial charge < -0.3 is 0 Å². The van der Waals surface area contributed by atoms with E-state index in [0.29, 0.717) is 0 Å². The highest BCUT2D eigenvalue weighted by Gasteiger charge is 2.25. The normalized spacial score (nSPS) is 14.4. The molecule has 0 aromatic carbocycles. The first-order chi connectivity index (χ1) is 6.66. The van der Waals surface area contributed by atoms with Crippen LogP contribution in [0.1, 0.15) is 38.6 Å². The molecule has 0 N–H and O–H groups in total. The molecule has 0 saturated heterocycles. The molecule has 0 saturated carbocycles. The van der Waals surface area contributed by atoms with Gasteiger partial charge in [0.15, 0.2) is 0 Å². The molecule has 0 aliphatic rings. The summed E-state index contributed by atoms with van der Waals surface area (Å²) >= 11 is 0. The average molecular weight is 189 g/mol. The first kappa shape index (κ1) is 10.6. The van der Waals surface area contributed by atoms with E-state index in [4.69, 9.17) is 5.26 Å². The van der Waals surface area contributed by atoms with E-state index in [1.807, 2.05) is 26.8 Å². The number of aryl methyl sites for hydroxylation is 1. The molecule has 0 radical (unpaired) electrons. The zero-order valence-electron chi connectivity index (χ0n) is 8.91. The molecule has 1 unspecified atom stereocenters. The Labute approximate surface area is 84.8 Å². The van der Waals surface area contributed by atoms with E-state index in [9.17, 15) is 0 Å². The second-order valence-electron chi connectivity index (χ2n) is 3.55. The molecule has 74 valence electrons. The van der Waals surface area contributed by atoms with Gasteiger partial charge in [0.1, 0.15) is 6.33 Å². The number of rotatable bonds is 3. The van der Waals surface area contributed by atoms with Crippen molar-refractivity contribution in [2.45, 2.75) is 39.0 Å². The van der Waals surface area contributed by atoms with Crippen molar-refractivity contribution in [1.29, 1.82) is 5.26 Å². The lowest BCUT2D eigenvalue weighted by atomic mass is 9.85. The number of hydrogen-bond acceptors (Lipinski definition) is 3. The number of nitrogens with zero attached hydrogens (tertiary/aromatic N) is 3. The molecule has 0 bridgehead atoms. The number of nitriles is 1. The van der Waals surface area contributed by atoms with Gasteiger partial charge in [0.2, 0.25) is 0 Å². The van der Waals surface area contributed by atoms with Crippen LogP contribution in [0.25, 0.3) is 0 Å². The third-order valence-electron chi connectivity index (χ3n) is 2.61. The van der Waals surface area contributed by atoms with Gasteiger partial charge in [0.25, 0.3) is 0 Å². The van der Waals surface area contributed by atoms with Crippen LogP contribution in [0, 0.1) is 11.3 Å². The topological polar surface area (TPSA) is 49.6 Å². The van der Waals surface area contributed by atoms with Crippen molar-refractivity contribution in [3.05, 3.63) is 23.8 Å². The van der Waals surface area contributed by atoms with Gasteiger partial charge in [-0.1, -0.05) is 13.8 Å². The quantitative estimate of drug-likeness (QED) is 0.732. The Kier molecular flexibility index (Phi) is 3.19. The molecule has 0 aliphatic heterocycles. The fraction of sp³-hybridized carbons (Fsp3) is 0.545. The monoisotopic (exact) mass is 189 g/mol. The summed E-state index contributed by atoms with van der Waals surface area (Å²) in [5.74, 6) is 0. The van der Waals surface area contributed by atoms with Crippen LogP contribution < -0.4 is 0 Å². The standard InChI is InChI=1S/C11H15N3/c1-4-9-6-10(14-8-13-9)11(3,5-2)7-12/h6,8H,4-5H2,1-3H3. The van der Waals surface area contributed by atoms with Gasteiger partial charge in [0, 0.05) is 5.69 Å². The van der Waals surface area contributed by atoms with Gasteiger partial charge in [-0.05, 0) is 25.8 Å². The van der Waals surface area contributed by atoms with Crippen LogP contribution in [0.2, 0.25) is 0 Å². The van der Waals surface area contributed by atoms with Crippen molar-refractivity contribution in [1.82, 2.24) is 9.97 Å². The van der Waals surface area contributed by atoms with Gasteiger partial charge in [-0.25, -0.2) is 9.97 Å². The van der Waals surface area contributed by atoms with E-state index in [0.717, 1.165) is 24.2 Å². The lowest BCUT2D eigenvalue weighted by Crippen LogP contribution is -2.20. The van der Waals surface area contributed by atoms with Gasteiger partial charge in [-0.3, -0.25) is 0 Å². The molecule has 14 heavy (non-hydrogen) atoms. The maximum absolute atomic E-state index is 9.09. The van der Waals surface area contributed by atoms with E-state index in [1.54, 1.807) is 6.33 Å². The highest BCUT2D eigenvalue weighted by molar-refractivity contribution is 5.25. The molecule has 3 heteroatoms. The van der Waals surface area contributed by atoms with Crippen molar-refractivity contribution in [2.24, 2.45) is 0 Å². The van der Waals surface area contributed by atoms with E-state index in [-0.39, 0.29) is 0 Å². The van der Waals surface area contributed by atoms with Crippen LogP contribution in [0.3, 0.4) is 0 Å². The molecule has 1 rings (SSSR count). The predicted octanol–water partition coefficient (Wildman–Crippen LogP) is 2.23. The van der Waals surface area contributed by atoms with Crippen LogP contribution in [0.4, 0.5) is 0 Å². The summed E-state index contributed by atoms with van der Waals surface area (Å²) in [6.45, 7) is 5.95. The minimum Gasteiger partial charge on any atom is -0.241 e. The van der Waals surface area contributed by atoms with E-state index < -0.39 is 5.41 Å². The van der Waals surface area contributed by atoms with Crippen molar-refractivity contribution in [2.75, 3.05) is 0 Å². The largest absolute Gasteiger partial charge is 0.241 e. The van der Waals surface area contributed by atoms with Crippen LogP contribution in [-0.4, -0.2) is 9.97 Å². The zero-order chi connectivity index (χ0) is 10.6.